The van der Waals surface area contributed by atoms with Gasteiger partial charge in [-0.3, -0.25) is 9.59 Å². The van der Waals surface area contributed by atoms with Gasteiger partial charge >= 0.3 is 0 Å². The van der Waals surface area contributed by atoms with Crippen LogP contribution in [0.1, 0.15) is 12.5 Å². The van der Waals surface area contributed by atoms with Crippen LogP contribution < -0.4 is 4.90 Å². The van der Waals surface area contributed by atoms with Crippen molar-refractivity contribution >= 4 is 92.8 Å². The lowest BCUT2D eigenvalue weighted by Gasteiger charge is -2.34. The van der Waals surface area contributed by atoms with Crippen molar-refractivity contribution in [1.29, 1.82) is 0 Å². The Hall–Kier alpha value is -0.690. The Morgan fingerprint density at radius 1 is 0.964 bits per heavy atom. The van der Waals surface area contributed by atoms with Gasteiger partial charge in [0.25, 0.3) is 0 Å². The first-order chi connectivity index (χ1) is 13.0. The molecule has 4 unspecified atom stereocenters. The second-order valence-corrected chi connectivity index (χ2v) is 10.1. The number of fused-ring (bicyclic) bond motifs is 5. The summed E-state index contributed by atoms with van der Waals surface area (Å²) in [5, 5.41) is 11.7. The van der Waals surface area contributed by atoms with Crippen LogP contribution in [0.25, 0.3) is 0 Å². The number of carbonyl (C=O) groups excluding carboxylic acids is 2. The number of hydrogen-bond donors (Lipinski definition) is 1. The molecule has 0 aromatic heterocycles. The summed E-state index contributed by atoms with van der Waals surface area (Å²) in [6, 6.07) is 6.28. The smallest absolute Gasteiger partial charge is 0.240 e. The molecular formula is C17H10Cl6N2O3. The fraction of sp³-hybridized carbons (Fsp3) is 0.353. The van der Waals surface area contributed by atoms with E-state index in [1.807, 2.05) is 0 Å². The highest BCUT2D eigenvalue weighted by molar-refractivity contribution is 6.67. The van der Waals surface area contributed by atoms with Gasteiger partial charge < -0.3 is 5.21 Å². The van der Waals surface area contributed by atoms with Crippen molar-refractivity contribution in [2.75, 3.05) is 4.90 Å². The van der Waals surface area contributed by atoms with Crippen molar-refractivity contribution < 1.29 is 14.8 Å². The molecule has 1 aromatic carbocycles. The molecule has 2 fully saturated rings. The maximum absolute atomic E-state index is 13.2. The predicted molar refractivity (Wildman–Crippen MR) is 110 cm³/mol. The van der Waals surface area contributed by atoms with Crippen LogP contribution in [0.3, 0.4) is 0 Å². The van der Waals surface area contributed by atoms with Crippen LogP contribution in [0.5, 0.6) is 0 Å². The Bertz CT molecular complexity index is 945. The Kier molecular flexibility index (Phi) is 4.53. The molecule has 28 heavy (non-hydrogen) atoms. The van der Waals surface area contributed by atoms with Crippen molar-refractivity contribution in [2.45, 2.75) is 21.0 Å². The maximum Gasteiger partial charge on any atom is 0.240 e. The molecule has 5 nitrogen and oxygen atoms in total. The van der Waals surface area contributed by atoms with Crippen LogP contribution in [-0.4, -0.2) is 36.8 Å². The number of hydrogen-bond acceptors (Lipinski definition) is 4. The minimum atomic E-state index is -1.96. The van der Waals surface area contributed by atoms with Gasteiger partial charge in [0.15, 0.2) is 4.33 Å². The van der Waals surface area contributed by atoms with Gasteiger partial charge in [-0.2, -0.15) is 0 Å². The summed E-state index contributed by atoms with van der Waals surface area (Å²) in [6.45, 7) is 1.61. The van der Waals surface area contributed by atoms with Crippen LogP contribution in [0, 0.1) is 11.8 Å². The first-order valence-electron chi connectivity index (χ1n) is 7.95. The molecule has 148 valence electrons. The topological polar surface area (TPSA) is 70.0 Å². The van der Waals surface area contributed by atoms with Crippen LogP contribution in [0.4, 0.5) is 5.69 Å². The molecule has 1 aliphatic heterocycles. The molecule has 1 heterocycles. The Morgan fingerprint density at radius 2 is 1.39 bits per heavy atom. The van der Waals surface area contributed by atoms with E-state index in [4.69, 9.17) is 74.8 Å². The number of halogens is 6. The molecule has 1 saturated carbocycles. The third kappa shape index (κ3) is 2.06. The van der Waals surface area contributed by atoms with Gasteiger partial charge in [-0.25, -0.2) is 4.90 Å². The summed E-state index contributed by atoms with van der Waals surface area (Å²) in [7, 11) is 0. The van der Waals surface area contributed by atoms with Crippen molar-refractivity contribution in [3.8, 4) is 0 Å². The molecule has 2 amide bonds. The summed E-state index contributed by atoms with van der Waals surface area (Å²) in [5.41, 5.74) is 1.28. The summed E-state index contributed by atoms with van der Waals surface area (Å²) in [5.74, 6) is -3.60. The Balaban J connectivity index is 1.81. The van der Waals surface area contributed by atoms with E-state index in [0.717, 1.165) is 4.90 Å². The lowest BCUT2D eigenvalue weighted by molar-refractivity contribution is -0.123. The van der Waals surface area contributed by atoms with Crippen molar-refractivity contribution in [1.82, 2.24) is 0 Å². The number of carbonyl (C=O) groups is 2. The van der Waals surface area contributed by atoms with E-state index in [0.29, 0.717) is 17.0 Å². The average Bonchev–Trinajstić information content (AvgIpc) is 3.05. The fourth-order valence-electron chi connectivity index (χ4n) is 4.16. The molecule has 1 saturated heterocycles. The van der Waals surface area contributed by atoms with Gasteiger partial charge in [0.05, 0.1) is 33.3 Å². The van der Waals surface area contributed by atoms with E-state index in [-0.39, 0.29) is 10.1 Å². The van der Waals surface area contributed by atoms with E-state index in [1.165, 1.54) is 12.1 Å². The molecule has 1 N–H and O–H groups in total. The van der Waals surface area contributed by atoms with E-state index in [2.05, 4.69) is 5.16 Å². The first-order valence-corrected chi connectivity index (χ1v) is 10.2. The summed E-state index contributed by atoms with van der Waals surface area (Å²) >= 11 is 38.7. The third-order valence-corrected chi connectivity index (χ3v) is 9.86. The van der Waals surface area contributed by atoms with Gasteiger partial charge in [0, 0.05) is 0 Å². The quantitative estimate of drug-likeness (QED) is 0.207. The number of anilines is 1. The fourth-order valence-corrected chi connectivity index (χ4v) is 7.09. The molecule has 3 aliphatic rings. The molecule has 4 rings (SSSR count). The molecule has 0 radical (unpaired) electrons. The Morgan fingerprint density at radius 3 is 1.79 bits per heavy atom. The highest BCUT2D eigenvalue weighted by Gasteiger charge is 2.87. The predicted octanol–water partition coefficient (Wildman–Crippen LogP) is 4.84. The molecular weight excluding hydrogens is 493 g/mol. The molecule has 0 spiro atoms. The maximum atomic E-state index is 13.2. The highest BCUT2D eigenvalue weighted by Crippen LogP contribution is 2.77. The van der Waals surface area contributed by atoms with E-state index in [1.54, 1.807) is 19.1 Å². The van der Waals surface area contributed by atoms with Crippen LogP contribution in [0.15, 0.2) is 39.5 Å². The van der Waals surface area contributed by atoms with Crippen molar-refractivity contribution in [2.24, 2.45) is 17.0 Å². The normalized spacial score (nSPS) is 36.5. The molecule has 1 aromatic rings. The number of oxime groups is 1. The number of benzene rings is 1. The highest BCUT2D eigenvalue weighted by atomic mass is 35.5. The molecule has 11 heteroatoms. The summed E-state index contributed by atoms with van der Waals surface area (Å²) in [4.78, 5) is 23.7. The van der Waals surface area contributed by atoms with E-state index in [9.17, 15) is 9.59 Å². The minimum Gasteiger partial charge on any atom is -0.411 e. The van der Waals surface area contributed by atoms with Gasteiger partial charge in [-0.15, -0.1) is 23.2 Å². The second kappa shape index (κ2) is 6.16. The SMILES string of the molecule is C/C(=N\O)c1ccc(N2C(=O)C3C(C2=O)C2(Cl)C(Cl)=C(Cl)C3(Cl)C2(Cl)Cl)cc1. The number of nitrogens with zero attached hydrogens (tertiary/aromatic N) is 2. The van der Waals surface area contributed by atoms with Gasteiger partial charge in [-0.05, 0) is 24.6 Å². The van der Waals surface area contributed by atoms with Crippen LogP contribution in [-0.2, 0) is 9.59 Å². The van der Waals surface area contributed by atoms with Gasteiger partial charge in [-0.1, -0.05) is 63.7 Å². The lowest BCUT2D eigenvalue weighted by atomic mass is 9.84. The standard InChI is InChI=1S/C17H10Cl6N2O3/c1-6(24-28)7-2-4-8(5-3-7)25-13(26)9-10(14(25)27)16(21)12(19)11(18)15(9,20)17(16,22)23/h2-5,9-10,28H,1H3/b24-6+. The van der Waals surface area contributed by atoms with Gasteiger partial charge in [0.1, 0.15) is 9.75 Å². The minimum absolute atomic E-state index is 0.134. The zero-order valence-electron chi connectivity index (χ0n) is 13.9. The number of imide groups is 1. The molecule has 2 bridgehead atoms. The van der Waals surface area contributed by atoms with E-state index < -0.39 is 37.7 Å². The zero-order chi connectivity index (χ0) is 20.8. The van der Waals surface area contributed by atoms with Gasteiger partial charge in [0.2, 0.25) is 11.8 Å². The number of allylic oxidation sites excluding steroid dienone is 2. The summed E-state index contributed by atoms with van der Waals surface area (Å²) < 4.78 is -1.96. The molecule has 4 atom stereocenters. The number of amides is 2. The largest absolute Gasteiger partial charge is 0.411 e. The average molecular weight is 503 g/mol. The third-order valence-electron chi connectivity index (χ3n) is 5.60. The second-order valence-electron chi connectivity index (χ2n) is 6.83. The lowest BCUT2D eigenvalue weighted by Crippen LogP contribution is -2.50. The van der Waals surface area contributed by atoms with Crippen LogP contribution in [0.2, 0.25) is 0 Å². The monoisotopic (exact) mass is 500 g/mol. The Labute approximate surface area is 189 Å². The molecule has 2 aliphatic carbocycles. The van der Waals surface area contributed by atoms with Crippen molar-refractivity contribution in [3.05, 3.63) is 39.9 Å². The van der Waals surface area contributed by atoms with Crippen molar-refractivity contribution in [3.63, 3.8) is 0 Å². The number of alkyl halides is 4. The van der Waals surface area contributed by atoms with Crippen LogP contribution >= 0.6 is 69.6 Å². The van der Waals surface area contributed by atoms with E-state index >= 15 is 0 Å². The number of rotatable bonds is 2. The summed E-state index contributed by atoms with van der Waals surface area (Å²) in [6.07, 6.45) is 0. The first kappa shape index (κ1) is 20.6. The zero-order valence-corrected chi connectivity index (χ0v) is 18.4.